The van der Waals surface area contributed by atoms with Gasteiger partial charge in [0.1, 0.15) is 5.82 Å². The summed E-state index contributed by atoms with van der Waals surface area (Å²) < 4.78 is 26.2. The summed E-state index contributed by atoms with van der Waals surface area (Å²) in [4.78, 5) is 17.4. The van der Waals surface area contributed by atoms with Gasteiger partial charge in [0.05, 0.1) is 6.54 Å². The van der Waals surface area contributed by atoms with Crippen molar-refractivity contribution in [1.29, 1.82) is 0 Å². The Balaban J connectivity index is 1.82. The van der Waals surface area contributed by atoms with Gasteiger partial charge in [0.15, 0.2) is 0 Å². The summed E-state index contributed by atoms with van der Waals surface area (Å²) in [5.41, 5.74) is 0. The number of hydrogen-bond donors (Lipinski definition) is 0. The van der Waals surface area contributed by atoms with E-state index in [0.717, 1.165) is 11.0 Å². The van der Waals surface area contributed by atoms with Crippen LogP contribution in [-0.2, 0) is 11.3 Å². The highest BCUT2D eigenvalue weighted by atomic mass is 19.3. The van der Waals surface area contributed by atoms with Crippen molar-refractivity contribution in [3.05, 3.63) is 18.2 Å². The SMILES string of the molecule is CN(Cc1nccn1C(F)F)C(=O)CCC1CCCC1. The Morgan fingerprint density at radius 3 is 2.85 bits per heavy atom. The first kappa shape index (κ1) is 14.9. The van der Waals surface area contributed by atoms with Crippen molar-refractivity contribution in [2.75, 3.05) is 7.05 Å². The summed E-state index contributed by atoms with van der Waals surface area (Å²) >= 11 is 0. The van der Waals surface area contributed by atoms with E-state index >= 15 is 0 Å². The first-order chi connectivity index (χ1) is 9.58. The van der Waals surface area contributed by atoms with E-state index in [9.17, 15) is 13.6 Å². The van der Waals surface area contributed by atoms with Crippen molar-refractivity contribution in [2.45, 2.75) is 51.6 Å². The molecule has 112 valence electrons. The van der Waals surface area contributed by atoms with E-state index in [-0.39, 0.29) is 18.3 Å². The Morgan fingerprint density at radius 1 is 1.50 bits per heavy atom. The number of carbonyl (C=O) groups is 1. The van der Waals surface area contributed by atoms with Crippen LogP contribution in [0.25, 0.3) is 0 Å². The number of amides is 1. The fraction of sp³-hybridized carbons (Fsp3) is 0.714. The predicted octanol–water partition coefficient (Wildman–Crippen LogP) is 3.21. The molecular formula is C14H21F2N3O. The van der Waals surface area contributed by atoms with Crippen LogP contribution in [0.5, 0.6) is 0 Å². The molecule has 0 aromatic carbocycles. The van der Waals surface area contributed by atoms with E-state index in [2.05, 4.69) is 4.98 Å². The number of hydrogen-bond acceptors (Lipinski definition) is 2. The van der Waals surface area contributed by atoms with Crippen molar-refractivity contribution in [1.82, 2.24) is 14.5 Å². The van der Waals surface area contributed by atoms with Gasteiger partial charge in [-0.25, -0.2) is 4.98 Å². The van der Waals surface area contributed by atoms with Crippen molar-refractivity contribution < 1.29 is 13.6 Å². The Bertz CT molecular complexity index is 441. The highest BCUT2D eigenvalue weighted by Gasteiger charge is 2.19. The molecule has 1 fully saturated rings. The molecule has 1 heterocycles. The lowest BCUT2D eigenvalue weighted by Crippen LogP contribution is -2.28. The van der Waals surface area contributed by atoms with Crippen LogP contribution in [-0.4, -0.2) is 27.4 Å². The lowest BCUT2D eigenvalue weighted by Gasteiger charge is -2.18. The molecule has 1 aromatic heterocycles. The fourth-order valence-electron chi connectivity index (χ4n) is 2.76. The van der Waals surface area contributed by atoms with Gasteiger partial charge in [-0.1, -0.05) is 25.7 Å². The zero-order chi connectivity index (χ0) is 14.5. The number of nitrogens with zero attached hydrogens (tertiary/aromatic N) is 3. The third kappa shape index (κ3) is 3.77. The first-order valence-corrected chi connectivity index (χ1v) is 7.11. The second-order valence-electron chi connectivity index (χ2n) is 5.47. The summed E-state index contributed by atoms with van der Waals surface area (Å²) in [7, 11) is 1.64. The third-order valence-electron chi connectivity index (χ3n) is 4.00. The summed E-state index contributed by atoms with van der Waals surface area (Å²) in [6.07, 6.45) is 8.93. The minimum atomic E-state index is -2.62. The molecule has 0 unspecified atom stereocenters. The molecule has 0 spiro atoms. The van der Waals surface area contributed by atoms with Gasteiger partial charge in [-0.3, -0.25) is 9.36 Å². The van der Waals surface area contributed by atoms with Crippen LogP contribution in [0.4, 0.5) is 8.78 Å². The molecule has 0 aliphatic heterocycles. The van der Waals surface area contributed by atoms with E-state index in [1.807, 2.05) is 0 Å². The standard InChI is InChI=1S/C14H21F2N3O/c1-18(10-12-17-8-9-19(12)14(15)16)13(20)7-6-11-4-2-3-5-11/h8-9,11,14H,2-7,10H2,1H3. The highest BCUT2D eigenvalue weighted by Crippen LogP contribution is 2.28. The van der Waals surface area contributed by atoms with E-state index in [1.54, 1.807) is 7.05 Å². The van der Waals surface area contributed by atoms with Crippen molar-refractivity contribution in [3.63, 3.8) is 0 Å². The molecule has 1 aliphatic rings. The topological polar surface area (TPSA) is 38.1 Å². The number of imidazole rings is 1. The van der Waals surface area contributed by atoms with E-state index in [1.165, 1.54) is 43.0 Å². The molecule has 1 aliphatic carbocycles. The van der Waals surface area contributed by atoms with Crippen molar-refractivity contribution in [2.24, 2.45) is 5.92 Å². The van der Waals surface area contributed by atoms with Crippen LogP contribution >= 0.6 is 0 Å². The van der Waals surface area contributed by atoms with Crippen LogP contribution < -0.4 is 0 Å². The monoisotopic (exact) mass is 285 g/mol. The van der Waals surface area contributed by atoms with Crippen molar-refractivity contribution >= 4 is 5.91 Å². The second kappa shape index (κ2) is 6.81. The van der Waals surface area contributed by atoms with E-state index in [0.29, 0.717) is 12.3 Å². The molecule has 1 aromatic rings. The number of carbonyl (C=O) groups excluding carboxylic acids is 1. The zero-order valence-electron chi connectivity index (χ0n) is 11.8. The molecule has 1 saturated carbocycles. The molecule has 4 nitrogen and oxygen atoms in total. The lowest BCUT2D eigenvalue weighted by atomic mass is 10.0. The quantitative estimate of drug-likeness (QED) is 0.805. The van der Waals surface area contributed by atoms with Gasteiger partial charge in [-0.05, 0) is 12.3 Å². The average molecular weight is 285 g/mol. The van der Waals surface area contributed by atoms with Gasteiger partial charge in [0.2, 0.25) is 5.91 Å². The largest absolute Gasteiger partial charge is 0.338 e. The molecule has 0 atom stereocenters. The van der Waals surface area contributed by atoms with E-state index < -0.39 is 6.55 Å². The Hall–Kier alpha value is -1.46. The number of halogens is 2. The number of alkyl halides is 2. The van der Waals surface area contributed by atoms with Crippen LogP contribution in [0.15, 0.2) is 12.4 Å². The third-order valence-corrected chi connectivity index (χ3v) is 4.00. The highest BCUT2D eigenvalue weighted by molar-refractivity contribution is 5.75. The minimum absolute atomic E-state index is 0.000663. The predicted molar refractivity (Wildman–Crippen MR) is 71.1 cm³/mol. The molecule has 0 N–H and O–H groups in total. The molecule has 2 rings (SSSR count). The average Bonchev–Trinajstić information content (AvgIpc) is 3.06. The van der Waals surface area contributed by atoms with Crippen LogP contribution in [0.2, 0.25) is 0 Å². The molecule has 1 amide bonds. The summed E-state index contributed by atoms with van der Waals surface area (Å²) in [5, 5.41) is 0. The van der Waals surface area contributed by atoms with Gasteiger partial charge in [-0.2, -0.15) is 8.78 Å². The van der Waals surface area contributed by atoms with Crippen LogP contribution in [0.1, 0.15) is 50.9 Å². The molecular weight excluding hydrogens is 264 g/mol. The second-order valence-corrected chi connectivity index (χ2v) is 5.47. The summed E-state index contributed by atoms with van der Waals surface area (Å²) in [5.74, 6) is 0.882. The van der Waals surface area contributed by atoms with Gasteiger partial charge >= 0.3 is 6.55 Å². The maximum atomic E-state index is 12.7. The summed E-state index contributed by atoms with van der Waals surface area (Å²) in [6, 6.07) is 0. The minimum Gasteiger partial charge on any atom is -0.338 e. The maximum Gasteiger partial charge on any atom is 0.319 e. The Morgan fingerprint density at radius 2 is 2.20 bits per heavy atom. The van der Waals surface area contributed by atoms with Crippen LogP contribution in [0, 0.1) is 5.92 Å². The van der Waals surface area contributed by atoms with Gasteiger partial charge in [-0.15, -0.1) is 0 Å². The molecule has 0 bridgehead atoms. The Kier molecular flexibility index (Phi) is 5.09. The van der Waals surface area contributed by atoms with Gasteiger partial charge in [0.25, 0.3) is 0 Å². The molecule has 0 radical (unpaired) electrons. The van der Waals surface area contributed by atoms with Gasteiger partial charge in [0, 0.05) is 25.9 Å². The lowest BCUT2D eigenvalue weighted by molar-refractivity contribution is -0.131. The van der Waals surface area contributed by atoms with Crippen molar-refractivity contribution in [3.8, 4) is 0 Å². The normalized spacial score (nSPS) is 16.0. The summed E-state index contributed by atoms with van der Waals surface area (Å²) in [6.45, 7) is -2.49. The smallest absolute Gasteiger partial charge is 0.319 e. The first-order valence-electron chi connectivity index (χ1n) is 7.11. The zero-order valence-corrected chi connectivity index (χ0v) is 11.8. The van der Waals surface area contributed by atoms with Gasteiger partial charge < -0.3 is 4.90 Å². The molecule has 6 heteroatoms. The van der Waals surface area contributed by atoms with E-state index in [4.69, 9.17) is 0 Å². The fourth-order valence-corrected chi connectivity index (χ4v) is 2.76. The Labute approximate surface area is 117 Å². The number of rotatable bonds is 6. The molecule has 20 heavy (non-hydrogen) atoms. The molecule has 0 saturated heterocycles. The maximum absolute atomic E-state index is 12.7. The van der Waals surface area contributed by atoms with Crippen LogP contribution in [0.3, 0.4) is 0 Å². The number of aromatic nitrogens is 2.